The van der Waals surface area contributed by atoms with Gasteiger partial charge in [0.1, 0.15) is 5.69 Å². The zero-order valence-electron chi connectivity index (χ0n) is 15.0. The van der Waals surface area contributed by atoms with Gasteiger partial charge in [-0.1, -0.05) is 18.2 Å². The van der Waals surface area contributed by atoms with Gasteiger partial charge in [0, 0.05) is 24.8 Å². The molecular weight excluding hydrogens is 366 g/mol. The van der Waals surface area contributed by atoms with Gasteiger partial charge in [-0.3, -0.25) is 14.9 Å². The van der Waals surface area contributed by atoms with Gasteiger partial charge >= 0.3 is 5.97 Å². The van der Waals surface area contributed by atoms with Crippen LogP contribution < -0.4 is 5.32 Å². The summed E-state index contributed by atoms with van der Waals surface area (Å²) in [4.78, 5) is 36.6. The summed E-state index contributed by atoms with van der Waals surface area (Å²) in [5.41, 5.74) is 0.659. The Labute approximate surface area is 161 Å². The number of carbonyl (C=O) groups is 2. The molecule has 0 aliphatic carbocycles. The average Bonchev–Trinajstić information content (AvgIpc) is 2.73. The van der Waals surface area contributed by atoms with Gasteiger partial charge in [0.05, 0.1) is 23.7 Å². The predicted molar refractivity (Wildman–Crippen MR) is 101 cm³/mol. The van der Waals surface area contributed by atoms with E-state index in [9.17, 15) is 19.7 Å². The highest BCUT2D eigenvalue weighted by atomic mass is 16.6. The molecule has 9 nitrogen and oxygen atoms in total. The maximum atomic E-state index is 12.2. The Kier molecular flexibility index (Phi) is 6.18. The molecule has 1 aliphatic rings. The summed E-state index contributed by atoms with van der Waals surface area (Å²) in [6.07, 6.45) is 0. The van der Waals surface area contributed by atoms with E-state index < -0.39 is 17.5 Å². The molecule has 0 aromatic heterocycles. The topological polar surface area (TPSA) is 111 Å². The molecule has 0 atom stereocenters. The van der Waals surface area contributed by atoms with E-state index in [0.29, 0.717) is 32.0 Å². The first-order valence-electron chi connectivity index (χ1n) is 8.68. The predicted octanol–water partition coefficient (Wildman–Crippen LogP) is 2.35. The zero-order chi connectivity index (χ0) is 19.9. The fourth-order valence-electron chi connectivity index (χ4n) is 2.71. The number of nitro groups is 1. The zero-order valence-corrected chi connectivity index (χ0v) is 15.0. The molecule has 1 N–H and O–H groups in total. The highest BCUT2D eigenvalue weighted by molar-refractivity contribution is 5.93. The number of nitrogens with zero attached hydrogens (tertiary/aromatic N) is 2. The van der Waals surface area contributed by atoms with Crippen molar-refractivity contribution in [2.24, 2.45) is 0 Å². The maximum Gasteiger partial charge on any atom is 0.338 e. The molecule has 0 saturated carbocycles. The van der Waals surface area contributed by atoms with Gasteiger partial charge in [0.2, 0.25) is 0 Å². The molecule has 2 aromatic rings. The number of nitro benzene ring substituents is 1. The lowest BCUT2D eigenvalue weighted by atomic mass is 10.1. The van der Waals surface area contributed by atoms with Crippen molar-refractivity contribution in [2.45, 2.75) is 0 Å². The van der Waals surface area contributed by atoms with Gasteiger partial charge in [0.15, 0.2) is 6.61 Å². The number of nitrogens with one attached hydrogen (secondary N) is 1. The van der Waals surface area contributed by atoms with Crippen molar-refractivity contribution in [3.8, 4) is 0 Å². The third kappa shape index (κ3) is 4.83. The van der Waals surface area contributed by atoms with Crippen LogP contribution in [0.2, 0.25) is 0 Å². The molecule has 1 saturated heterocycles. The van der Waals surface area contributed by atoms with E-state index in [4.69, 9.17) is 9.47 Å². The van der Waals surface area contributed by atoms with E-state index >= 15 is 0 Å². The second kappa shape index (κ2) is 8.96. The fourth-order valence-corrected chi connectivity index (χ4v) is 2.71. The second-order valence-electron chi connectivity index (χ2n) is 6.05. The third-order valence-electron chi connectivity index (χ3n) is 4.17. The molecular formula is C19H19N3O6. The molecule has 28 heavy (non-hydrogen) atoms. The first-order valence-corrected chi connectivity index (χ1v) is 8.68. The Bertz CT molecular complexity index is 865. The van der Waals surface area contributed by atoms with Crippen molar-refractivity contribution in [3.63, 3.8) is 0 Å². The quantitative estimate of drug-likeness (QED) is 0.461. The minimum Gasteiger partial charge on any atom is -0.452 e. The van der Waals surface area contributed by atoms with Gasteiger partial charge in [-0.15, -0.1) is 0 Å². The Morgan fingerprint density at radius 2 is 1.86 bits per heavy atom. The van der Waals surface area contributed by atoms with E-state index in [0.717, 1.165) is 6.07 Å². The number of esters is 1. The number of ether oxygens (including phenoxy) is 2. The molecule has 0 spiro atoms. The van der Waals surface area contributed by atoms with Crippen molar-refractivity contribution < 1.29 is 24.0 Å². The van der Waals surface area contributed by atoms with Crippen molar-refractivity contribution in [1.82, 2.24) is 4.90 Å². The fraction of sp³-hybridized carbons (Fsp3) is 0.263. The normalized spacial score (nSPS) is 13.6. The number of anilines is 2. The summed E-state index contributed by atoms with van der Waals surface area (Å²) in [5.74, 6) is -1.12. The number of benzene rings is 2. The lowest BCUT2D eigenvalue weighted by molar-refractivity contribution is -0.383. The van der Waals surface area contributed by atoms with E-state index in [2.05, 4.69) is 5.32 Å². The Morgan fingerprint density at radius 3 is 2.54 bits per heavy atom. The first-order chi connectivity index (χ1) is 13.5. The minimum atomic E-state index is -0.795. The molecule has 1 fully saturated rings. The smallest absolute Gasteiger partial charge is 0.338 e. The van der Waals surface area contributed by atoms with Crippen molar-refractivity contribution in [3.05, 3.63) is 64.2 Å². The van der Waals surface area contributed by atoms with E-state index in [1.807, 2.05) is 6.07 Å². The van der Waals surface area contributed by atoms with Crippen LogP contribution >= 0.6 is 0 Å². The van der Waals surface area contributed by atoms with Gasteiger partial charge in [0.25, 0.3) is 11.6 Å². The highest BCUT2D eigenvalue weighted by Gasteiger charge is 2.21. The van der Waals surface area contributed by atoms with Crippen LogP contribution in [0.3, 0.4) is 0 Å². The molecule has 1 aliphatic heterocycles. The summed E-state index contributed by atoms with van der Waals surface area (Å²) >= 11 is 0. The van der Waals surface area contributed by atoms with Gasteiger partial charge in [-0.2, -0.15) is 0 Å². The number of para-hydroxylation sites is 1. The molecule has 2 aromatic carbocycles. The lowest BCUT2D eigenvalue weighted by Crippen LogP contribution is -2.42. The van der Waals surface area contributed by atoms with Crippen LogP contribution in [0.15, 0.2) is 48.5 Å². The Hall–Kier alpha value is -3.46. The maximum absolute atomic E-state index is 12.2. The number of carbonyl (C=O) groups excluding carboxylic acids is 2. The monoisotopic (exact) mass is 385 g/mol. The van der Waals surface area contributed by atoms with E-state index in [1.54, 1.807) is 29.2 Å². The Morgan fingerprint density at radius 1 is 1.14 bits per heavy atom. The average molecular weight is 385 g/mol. The summed E-state index contributed by atoms with van der Waals surface area (Å²) in [5, 5.41) is 14.3. The summed E-state index contributed by atoms with van der Waals surface area (Å²) in [6, 6.07) is 12.9. The lowest BCUT2D eigenvalue weighted by Gasteiger charge is -2.26. The number of hydrogen-bond donors (Lipinski definition) is 1. The van der Waals surface area contributed by atoms with Crippen molar-refractivity contribution in [1.29, 1.82) is 0 Å². The standard InChI is InChI=1S/C19H19N3O6/c23-18(21-8-10-27-11-9-21)13-28-19(24)14-6-7-16(17(12-14)22(25)26)20-15-4-2-1-3-5-15/h1-7,12,20H,8-11,13H2. The van der Waals surface area contributed by atoms with Crippen LogP contribution in [0.1, 0.15) is 10.4 Å². The van der Waals surface area contributed by atoms with Crippen molar-refractivity contribution >= 4 is 28.9 Å². The summed E-state index contributed by atoms with van der Waals surface area (Å²) in [7, 11) is 0. The number of rotatable bonds is 6. The molecule has 1 heterocycles. The summed E-state index contributed by atoms with van der Waals surface area (Å²) < 4.78 is 10.2. The third-order valence-corrected chi connectivity index (χ3v) is 4.17. The molecule has 0 bridgehead atoms. The van der Waals surface area contributed by atoms with Crippen molar-refractivity contribution in [2.75, 3.05) is 38.2 Å². The van der Waals surface area contributed by atoms with Gasteiger partial charge in [-0.05, 0) is 24.3 Å². The molecule has 3 rings (SSSR count). The summed E-state index contributed by atoms with van der Waals surface area (Å²) in [6.45, 7) is 1.36. The van der Waals surface area contributed by atoms with Gasteiger partial charge in [-0.25, -0.2) is 4.79 Å². The molecule has 0 unspecified atom stereocenters. The van der Waals surface area contributed by atoms with Crippen LogP contribution in [0, 0.1) is 10.1 Å². The van der Waals surface area contributed by atoms with Crippen LogP contribution in [0.5, 0.6) is 0 Å². The minimum absolute atomic E-state index is 0.0000826. The molecule has 9 heteroatoms. The van der Waals surface area contributed by atoms with E-state index in [1.165, 1.54) is 12.1 Å². The second-order valence-corrected chi connectivity index (χ2v) is 6.05. The number of hydrogen-bond acceptors (Lipinski definition) is 7. The largest absolute Gasteiger partial charge is 0.452 e. The van der Waals surface area contributed by atoms with Crippen LogP contribution in [0.4, 0.5) is 17.1 Å². The number of morpholine rings is 1. The molecule has 1 amide bonds. The van der Waals surface area contributed by atoms with Gasteiger partial charge < -0.3 is 19.7 Å². The van der Waals surface area contributed by atoms with Crippen LogP contribution in [-0.2, 0) is 14.3 Å². The van der Waals surface area contributed by atoms with Crippen LogP contribution in [-0.4, -0.2) is 54.6 Å². The van der Waals surface area contributed by atoms with Crippen LogP contribution in [0.25, 0.3) is 0 Å². The van der Waals surface area contributed by atoms with E-state index in [-0.39, 0.29) is 22.8 Å². The molecule has 0 radical (unpaired) electrons. The first kappa shape index (κ1) is 19.3. The Balaban J connectivity index is 1.67. The molecule has 146 valence electrons. The highest BCUT2D eigenvalue weighted by Crippen LogP contribution is 2.28. The number of amides is 1. The SMILES string of the molecule is O=C(OCC(=O)N1CCOCC1)c1ccc(Nc2ccccc2)c([N+](=O)[O-])c1.